The first-order chi connectivity index (χ1) is 9.44. The van der Waals surface area contributed by atoms with Crippen molar-refractivity contribution in [2.24, 2.45) is 0 Å². The van der Waals surface area contributed by atoms with Crippen LogP contribution in [0, 0.1) is 6.92 Å². The predicted octanol–water partition coefficient (Wildman–Crippen LogP) is 1.28. The van der Waals surface area contributed by atoms with Gasteiger partial charge in [0.2, 0.25) is 0 Å². The highest BCUT2D eigenvalue weighted by Crippen LogP contribution is 2.19. The lowest BCUT2D eigenvalue weighted by molar-refractivity contribution is -0.907. The van der Waals surface area contributed by atoms with Gasteiger partial charge in [0.1, 0.15) is 25.3 Å². The minimum atomic E-state index is 0.0150. The van der Waals surface area contributed by atoms with Gasteiger partial charge in [-0.2, -0.15) is 0 Å². The largest absolute Gasteiger partial charge is 0.364 e. The van der Waals surface area contributed by atoms with Crippen molar-refractivity contribution < 1.29 is 14.4 Å². The molecule has 2 rings (SSSR count). The summed E-state index contributed by atoms with van der Waals surface area (Å²) in [7, 11) is 0. The molecule has 4 nitrogen and oxygen atoms in total. The fourth-order valence-electron chi connectivity index (χ4n) is 2.64. The lowest BCUT2D eigenvalue weighted by Gasteiger charge is -2.31. The van der Waals surface area contributed by atoms with Gasteiger partial charge < -0.3 is 15.0 Å². The Morgan fingerprint density at radius 3 is 2.65 bits per heavy atom. The Balaban J connectivity index is 1.90. The third kappa shape index (κ3) is 4.20. The van der Waals surface area contributed by atoms with E-state index in [1.54, 1.807) is 6.07 Å². The summed E-state index contributed by atoms with van der Waals surface area (Å²) in [5.74, 6) is 0.0150. The molecule has 20 heavy (non-hydrogen) atoms. The molecule has 2 atom stereocenters. The van der Waals surface area contributed by atoms with Crippen LogP contribution in [0.15, 0.2) is 18.2 Å². The predicted molar refractivity (Wildman–Crippen MR) is 80.4 cm³/mol. The van der Waals surface area contributed by atoms with Gasteiger partial charge in [0.15, 0.2) is 6.54 Å². The molecule has 110 valence electrons. The number of anilines is 1. The molecule has 0 aliphatic carbocycles. The van der Waals surface area contributed by atoms with Crippen LogP contribution in [0.3, 0.4) is 0 Å². The molecule has 1 aliphatic heterocycles. The van der Waals surface area contributed by atoms with Gasteiger partial charge in [-0.1, -0.05) is 17.7 Å². The van der Waals surface area contributed by atoms with E-state index in [1.165, 1.54) is 4.90 Å². The van der Waals surface area contributed by atoms with Crippen molar-refractivity contribution >= 4 is 23.2 Å². The van der Waals surface area contributed by atoms with E-state index < -0.39 is 0 Å². The highest BCUT2D eigenvalue weighted by Gasteiger charge is 2.27. The number of morpholine rings is 1. The Morgan fingerprint density at radius 1 is 1.40 bits per heavy atom. The third-order valence-electron chi connectivity index (χ3n) is 3.48. The molecule has 1 heterocycles. The van der Waals surface area contributed by atoms with Gasteiger partial charge in [0.05, 0.1) is 0 Å². The van der Waals surface area contributed by atoms with Gasteiger partial charge in [-0.3, -0.25) is 4.79 Å². The Hall–Kier alpha value is -1.10. The Kier molecular flexibility index (Phi) is 5.02. The normalized spacial score (nSPS) is 26.3. The van der Waals surface area contributed by atoms with Crippen LogP contribution in [0.25, 0.3) is 0 Å². The molecule has 1 fully saturated rings. The van der Waals surface area contributed by atoms with E-state index in [0.717, 1.165) is 24.3 Å². The SMILES string of the molecule is Cc1ccc(NC(=O)C[NH+]2C[C@H](C)O[C@@H](C)C2)cc1Cl. The van der Waals surface area contributed by atoms with Crippen LogP contribution in [0.2, 0.25) is 5.02 Å². The summed E-state index contributed by atoms with van der Waals surface area (Å²) in [6.45, 7) is 8.23. The highest BCUT2D eigenvalue weighted by atomic mass is 35.5. The van der Waals surface area contributed by atoms with Crippen molar-refractivity contribution in [2.45, 2.75) is 33.0 Å². The molecule has 0 aromatic heterocycles. The molecule has 0 unspecified atom stereocenters. The van der Waals surface area contributed by atoms with Gasteiger partial charge in [0, 0.05) is 10.7 Å². The number of halogens is 1. The van der Waals surface area contributed by atoms with Crippen LogP contribution in [0.1, 0.15) is 19.4 Å². The summed E-state index contributed by atoms with van der Waals surface area (Å²) in [6.07, 6.45) is 0.408. The monoisotopic (exact) mass is 297 g/mol. The van der Waals surface area contributed by atoms with Crippen molar-refractivity contribution in [3.05, 3.63) is 28.8 Å². The van der Waals surface area contributed by atoms with Crippen molar-refractivity contribution in [2.75, 3.05) is 25.0 Å². The fourth-order valence-corrected chi connectivity index (χ4v) is 2.82. The molecule has 5 heteroatoms. The second kappa shape index (κ2) is 6.57. The van der Waals surface area contributed by atoms with Crippen LogP contribution >= 0.6 is 11.6 Å². The molecular formula is C15H22ClN2O2+. The average molecular weight is 298 g/mol. The topological polar surface area (TPSA) is 42.8 Å². The standard InChI is InChI=1S/C15H21ClN2O2/c1-10-4-5-13(6-14(10)16)17-15(19)9-18-7-11(2)20-12(3)8-18/h4-6,11-12H,7-9H2,1-3H3,(H,17,19)/p+1/t11-,12-/m0/s1. The van der Waals surface area contributed by atoms with E-state index in [1.807, 2.05) is 32.9 Å². The average Bonchev–Trinajstić information content (AvgIpc) is 2.32. The van der Waals surface area contributed by atoms with Crippen LogP contribution in [-0.2, 0) is 9.53 Å². The molecule has 1 aliphatic rings. The number of nitrogens with one attached hydrogen (secondary N) is 2. The minimum absolute atomic E-state index is 0.0150. The number of benzene rings is 1. The first-order valence-corrected chi connectivity index (χ1v) is 7.37. The summed E-state index contributed by atoms with van der Waals surface area (Å²) < 4.78 is 5.68. The first kappa shape index (κ1) is 15.3. The zero-order valence-electron chi connectivity index (χ0n) is 12.2. The Labute approximate surface area is 125 Å². The number of amides is 1. The fraction of sp³-hybridized carbons (Fsp3) is 0.533. The Morgan fingerprint density at radius 2 is 2.05 bits per heavy atom. The highest BCUT2D eigenvalue weighted by molar-refractivity contribution is 6.31. The Bertz CT molecular complexity index is 483. The molecule has 0 bridgehead atoms. The van der Waals surface area contributed by atoms with E-state index in [2.05, 4.69) is 5.32 Å². The van der Waals surface area contributed by atoms with E-state index in [4.69, 9.17) is 16.3 Å². The number of hydrogen-bond donors (Lipinski definition) is 2. The second-order valence-electron chi connectivity index (χ2n) is 5.60. The molecular weight excluding hydrogens is 276 g/mol. The smallest absolute Gasteiger partial charge is 0.279 e. The maximum absolute atomic E-state index is 12.1. The maximum atomic E-state index is 12.1. The summed E-state index contributed by atoms with van der Waals surface area (Å²) in [6, 6.07) is 5.57. The van der Waals surface area contributed by atoms with E-state index in [0.29, 0.717) is 11.6 Å². The van der Waals surface area contributed by atoms with Gasteiger partial charge in [0.25, 0.3) is 5.91 Å². The molecule has 0 radical (unpaired) electrons. The van der Waals surface area contributed by atoms with E-state index in [-0.39, 0.29) is 18.1 Å². The van der Waals surface area contributed by atoms with Gasteiger partial charge >= 0.3 is 0 Å². The molecule has 0 saturated carbocycles. The number of hydrogen-bond acceptors (Lipinski definition) is 2. The van der Waals surface area contributed by atoms with Gasteiger partial charge in [-0.15, -0.1) is 0 Å². The first-order valence-electron chi connectivity index (χ1n) is 6.99. The molecule has 1 saturated heterocycles. The molecule has 2 N–H and O–H groups in total. The van der Waals surface area contributed by atoms with Crippen molar-refractivity contribution in [3.63, 3.8) is 0 Å². The quantitative estimate of drug-likeness (QED) is 0.883. The van der Waals surface area contributed by atoms with Crippen molar-refractivity contribution in [1.82, 2.24) is 0 Å². The number of carbonyl (C=O) groups excluding carboxylic acids is 1. The lowest BCUT2D eigenvalue weighted by Crippen LogP contribution is -3.16. The van der Waals surface area contributed by atoms with Crippen molar-refractivity contribution in [1.29, 1.82) is 0 Å². The zero-order chi connectivity index (χ0) is 14.7. The van der Waals surface area contributed by atoms with Crippen LogP contribution in [0.5, 0.6) is 0 Å². The molecule has 1 aromatic carbocycles. The van der Waals surface area contributed by atoms with Gasteiger partial charge in [-0.25, -0.2) is 0 Å². The van der Waals surface area contributed by atoms with E-state index >= 15 is 0 Å². The second-order valence-corrected chi connectivity index (χ2v) is 6.01. The number of ether oxygens (including phenoxy) is 1. The number of quaternary nitrogens is 1. The molecule has 1 amide bonds. The number of carbonyl (C=O) groups is 1. The van der Waals surface area contributed by atoms with Gasteiger partial charge in [-0.05, 0) is 38.5 Å². The third-order valence-corrected chi connectivity index (χ3v) is 3.89. The summed E-state index contributed by atoms with van der Waals surface area (Å²) in [4.78, 5) is 13.3. The van der Waals surface area contributed by atoms with Crippen LogP contribution in [-0.4, -0.2) is 37.7 Å². The molecule has 1 aromatic rings. The summed E-state index contributed by atoms with van der Waals surface area (Å²) >= 11 is 6.05. The summed E-state index contributed by atoms with van der Waals surface area (Å²) in [5.41, 5.74) is 1.76. The number of aryl methyl sites for hydroxylation is 1. The minimum Gasteiger partial charge on any atom is -0.364 e. The maximum Gasteiger partial charge on any atom is 0.279 e. The lowest BCUT2D eigenvalue weighted by atomic mass is 10.2. The van der Waals surface area contributed by atoms with Crippen LogP contribution < -0.4 is 10.2 Å². The van der Waals surface area contributed by atoms with Crippen LogP contribution in [0.4, 0.5) is 5.69 Å². The summed E-state index contributed by atoms with van der Waals surface area (Å²) in [5, 5.41) is 3.57. The van der Waals surface area contributed by atoms with E-state index in [9.17, 15) is 4.79 Å². The van der Waals surface area contributed by atoms with Crippen molar-refractivity contribution in [3.8, 4) is 0 Å². The molecule has 0 spiro atoms. The zero-order valence-corrected chi connectivity index (χ0v) is 13.0. The number of rotatable bonds is 3.